The van der Waals surface area contributed by atoms with Crippen LogP contribution in [-0.2, 0) is 6.54 Å². The number of aromatic nitrogens is 2. The lowest BCUT2D eigenvalue weighted by molar-refractivity contribution is 0.208. The Morgan fingerprint density at radius 1 is 1.14 bits per heavy atom. The third-order valence-corrected chi connectivity index (χ3v) is 6.02. The van der Waals surface area contributed by atoms with E-state index in [9.17, 15) is 5.11 Å². The molecule has 2 aliphatic heterocycles. The van der Waals surface area contributed by atoms with Crippen molar-refractivity contribution in [1.29, 1.82) is 0 Å². The number of aliphatic hydroxyl groups excluding tert-OH is 1. The third kappa shape index (κ3) is 4.62. The SMILES string of the molecule is CC1CN(Cc2ccccc2)CC1Nc1cc(N2CCCC(CO)C2)ncn1. The van der Waals surface area contributed by atoms with Gasteiger partial charge in [-0.15, -0.1) is 0 Å². The summed E-state index contributed by atoms with van der Waals surface area (Å²) in [5, 5.41) is 13.1. The molecule has 28 heavy (non-hydrogen) atoms. The Morgan fingerprint density at radius 3 is 2.82 bits per heavy atom. The molecule has 0 aliphatic carbocycles. The molecule has 2 N–H and O–H groups in total. The van der Waals surface area contributed by atoms with Gasteiger partial charge in [-0.25, -0.2) is 9.97 Å². The van der Waals surface area contributed by atoms with Crippen LogP contribution in [0.5, 0.6) is 0 Å². The van der Waals surface area contributed by atoms with E-state index in [1.165, 1.54) is 5.56 Å². The fourth-order valence-electron chi connectivity index (χ4n) is 4.44. The Balaban J connectivity index is 1.37. The molecule has 0 saturated carbocycles. The Labute approximate surface area is 167 Å². The van der Waals surface area contributed by atoms with E-state index >= 15 is 0 Å². The van der Waals surface area contributed by atoms with Crippen molar-refractivity contribution < 1.29 is 5.11 Å². The maximum absolute atomic E-state index is 9.48. The number of anilines is 2. The van der Waals surface area contributed by atoms with E-state index in [-0.39, 0.29) is 6.61 Å². The van der Waals surface area contributed by atoms with Crippen molar-refractivity contribution >= 4 is 11.6 Å². The minimum Gasteiger partial charge on any atom is -0.396 e. The van der Waals surface area contributed by atoms with Crippen LogP contribution in [0.15, 0.2) is 42.7 Å². The summed E-state index contributed by atoms with van der Waals surface area (Å²) in [7, 11) is 0. The molecule has 2 saturated heterocycles. The molecule has 0 radical (unpaired) electrons. The lowest BCUT2D eigenvalue weighted by atomic mass is 9.99. The summed E-state index contributed by atoms with van der Waals surface area (Å²) in [4.78, 5) is 13.7. The third-order valence-electron chi connectivity index (χ3n) is 6.02. The number of piperidine rings is 1. The molecule has 1 aromatic heterocycles. The van der Waals surface area contributed by atoms with Crippen molar-refractivity contribution in [2.75, 3.05) is 43.0 Å². The summed E-state index contributed by atoms with van der Waals surface area (Å²) in [6.45, 7) is 7.54. The van der Waals surface area contributed by atoms with Gasteiger partial charge in [0.1, 0.15) is 18.0 Å². The zero-order valence-corrected chi connectivity index (χ0v) is 16.7. The summed E-state index contributed by atoms with van der Waals surface area (Å²) in [5.74, 6) is 2.77. The van der Waals surface area contributed by atoms with Crippen LogP contribution in [0.4, 0.5) is 11.6 Å². The molecule has 6 nitrogen and oxygen atoms in total. The second kappa shape index (κ2) is 8.88. The molecule has 0 amide bonds. The number of rotatable bonds is 6. The molecule has 0 spiro atoms. The maximum atomic E-state index is 9.48. The molecule has 0 bridgehead atoms. The fourth-order valence-corrected chi connectivity index (χ4v) is 4.44. The van der Waals surface area contributed by atoms with Gasteiger partial charge in [-0.05, 0) is 30.2 Å². The van der Waals surface area contributed by atoms with Gasteiger partial charge in [-0.2, -0.15) is 0 Å². The van der Waals surface area contributed by atoms with Gasteiger partial charge in [0.25, 0.3) is 0 Å². The molecule has 6 heteroatoms. The zero-order chi connectivity index (χ0) is 19.3. The van der Waals surface area contributed by atoms with Crippen LogP contribution in [0, 0.1) is 11.8 Å². The van der Waals surface area contributed by atoms with E-state index < -0.39 is 0 Å². The molecule has 3 atom stereocenters. The highest BCUT2D eigenvalue weighted by molar-refractivity contribution is 5.49. The highest BCUT2D eigenvalue weighted by atomic mass is 16.3. The number of aliphatic hydroxyl groups is 1. The number of hydrogen-bond acceptors (Lipinski definition) is 6. The number of hydrogen-bond donors (Lipinski definition) is 2. The van der Waals surface area contributed by atoms with Crippen LogP contribution in [0.2, 0.25) is 0 Å². The lowest BCUT2D eigenvalue weighted by Crippen LogP contribution is -2.37. The molecule has 2 fully saturated rings. The Kier molecular flexibility index (Phi) is 6.07. The monoisotopic (exact) mass is 381 g/mol. The van der Waals surface area contributed by atoms with Gasteiger partial charge in [0, 0.05) is 51.4 Å². The van der Waals surface area contributed by atoms with Crippen LogP contribution in [0.1, 0.15) is 25.3 Å². The van der Waals surface area contributed by atoms with E-state index in [1.54, 1.807) is 6.33 Å². The topological polar surface area (TPSA) is 64.5 Å². The minimum atomic E-state index is 0.254. The van der Waals surface area contributed by atoms with Gasteiger partial charge < -0.3 is 15.3 Å². The van der Waals surface area contributed by atoms with E-state index in [0.717, 1.165) is 57.2 Å². The molecule has 3 unspecified atom stereocenters. The summed E-state index contributed by atoms with van der Waals surface area (Å²) in [6, 6.07) is 13.1. The fraction of sp³-hybridized carbons (Fsp3) is 0.545. The maximum Gasteiger partial charge on any atom is 0.134 e. The van der Waals surface area contributed by atoms with Crippen LogP contribution in [0.25, 0.3) is 0 Å². The minimum absolute atomic E-state index is 0.254. The molecule has 150 valence electrons. The van der Waals surface area contributed by atoms with Gasteiger partial charge in [-0.1, -0.05) is 37.3 Å². The molecule has 4 rings (SSSR count). The number of nitrogens with zero attached hydrogens (tertiary/aromatic N) is 4. The second-order valence-electron chi connectivity index (χ2n) is 8.31. The number of nitrogens with one attached hydrogen (secondary N) is 1. The molecular formula is C22H31N5O. The average molecular weight is 382 g/mol. The van der Waals surface area contributed by atoms with Gasteiger partial charge in [0.05, 0.1) is 0 Å². The standard InChI is InChI=1S/C22H31N5O/c1-17-11-26(12-18-6-3-2-4-7-18)14-20(17)25-21-10-22(24-16-23-21)27-9-5-8-19(13-27)15-28/h2-4,6-7,10,16-17,19-20,28H,5,8-9,11-15H2,1H3,(H,23,24,25). The van der Waals surface area contributed by atoms with E-state index in [4.69, 9.17) is 0 Å². The Morgan fingerprint density at radius 2 is 2.00 bits per heavy atom. The van der Waals surface area contributed by atoms with Crippen molar-refractivity contribution in [3.8, 4) is 0 Å². The Bertz CT molecular complexity index is 756. The first-order chi connectivity index (χ1) is 13.7. The normalized spacial score (nSPS) is 25.8. The highest BCUT2D eigenvalue weighted by Crippen LogP contribution is 2.25. The predicted octanol–water partition coefficient (Wildman–Crippen LogP) is 2.62. The molecule has 2 aliphatic rings. The van der Waals surface area contributed by atoms with Crippen molar-refractivity contribution in [3.05, 3.63) is 48.3 Å². The molecule has 1 aromatic carbocycles. The lowest BCUT2D eigenvalue weighted by Gasteiger charge is -2.32. The van der Waals surface area contributed by atoms with Gasteiger partial charge in [0.2, 0.25) is 0 Å². The first kappa shape index (κ1) is 19.2. The molecule has 2 aromatic rings. The predicted molar refractivity (Wildman–Crippen MR) is 112 cm³/mol. The van der Waals surface area contributed by atoms with Crippen molar-refractivity contribution in [2.45, 2.75) is 32.4 Å². The smallest absolute Gasteiger partial charge is 0.134 e. The van der Waals surface area contributed by atoms with E-state index in [2.05, 4.69) is 68.4 Å². The summed E-state index contributed by atoms with van der Waals surface area (Å²) >= 11 is 0. The highest BCUT2D eigenvalue weighted by Gasteiger charge is 2.30. The first-order valence-electron chi connectivity index (χ1n) is 10.4. The summed E-state index contributed by atoms with van der Waals surface area (Å²) in [5.41, 5.74) is 1.36. The van der Waals surface area contributed by atoms with Gasteiger partial charge in [-0.3, -0.25) is 4.90 Å². The van der Waals surface area contributed by atoms with Crippen LogP contribution in [0.3, 0.4) is 0 Å². The second-order valence-corrected chi connectivity index (χ2v) is 8.31. The van der Waals surface area contributed by atoms with Gasteiger partial charge >= 0.3 is 0 Å². The van der Waals surface area contributed by atoms with Crippen LogP contribution in [-0.4, -0.2) is 58.8 Å². The molecular weight excluding hydrogens is 350 g/mol. The van der Waals surface area contributed by atoms with Crippen molar-refractivity contribution in [3.63, 3.8) is 0 Å². The number of benzene rings is 1. The average Bonchev–Trinajstić information content (AvgIpc) is 3.07. The zero-order valence-electron chi connectivity index (χ0n) is 16.7. The van der Waals surface area contributed by atoms with Crippen LogP contribution < -0.4 is 10.2 Å². The molecule has 3 heterocycles. The largest absolute Gasteiger partial charge is 0.396 e. The van der Waals surface area contributed by atoms with Crippen molar-refractivity contribution in [1.82, 2.24) is 14.9 Å². The summed E-state index contributed by atoms with van der Waals surface area (Å²) in [6.07, 6.45) is 3.85. The van der Waals surface area contributed by atoms with Gasteiger partial charge in [0.15, 0.2) is 0 Å². The van der Waals surface area contributed by atoms with E-state index in [0.29, 0.717) is 17.9 Å². The van der Waals surface area contributed by atoms with Crippen molar-refractivity contribution in [2.24, 2.45) is 11.8 Å². The quantitative estimate of drug-likeness (QED) is 0.802. The summed E-state index contributed by atoms with van der Waals surface area (Å²) < 4.78 is 0. The number of likely N-dealkylation sites (tertiary alicyclic amines) is 1. The first-order valence-corrected chi connectivity index (χ1v) is 10.4. The Hall–Kier alpha value is -2.18. The van der Waals surface area contributed by atoms with E-state index in [1.807, 2.05) is 0 Å². The van der Waals surface area contributed by atoms with Crippen LogP contribution >= 0.6 is 0 Å².